The first-order chi connectivity index (χ1) is 12.8. The molecule has 0 unspecified atom stereocenters. The predicted molar refractivity (Wildman–Crippen MR) is 99.9 cm³/mol. The number of methoxy groups -OCH3 is 1. The number of carbonyl (C=O) groups is 1. The van der Waals surface area contributed by atoms with Crippen LogP contribution in [-0.4, -0.2) is 70.1 Å². The molecule has 0 saturated carbocycles. The Morgan fingerprint density at radius 3 is 2.74 bits per heavy atom. The number of nitrogens with one attached hydrogen (secondary N) is 1. The van der Waals surface area contributed by atoms with Crippen LogP contribution in [0.3, 0.4) is 0 Å². The molecule has 1 aromatic heterocycles. The van der Waals surface area contributed by atoms with E-state index in [9.17, 15) is 15.0 Å². The van der Waals surface area contributed by atoms with E-state index in [1.54, 1.807) is 18.9 Å². The molecule has 2 saturated heterocycles. The number of ether oxygens (including phenoxy) is 2. The molecule has 1 spiro atoms. The van der Waals surface area contributed by atoms with Gasteiger partial charge in [-0.05, 0) is 44.0 Å². The first-order valence-electron chi connectivity index (χ1n) is 9.35. The maximum atomic E-state index is 12.9. The molecule has 7 nitrogen and oxygen atoms in total. The zero-order chi connectivity index (χ0) is 19.2. The van der Waals surface area contributed by atoms with E-state index in [4.69, 9.17) is 9.47 Å². The number of piperidine rings is 1. The number of aliphatic hydroxyl groups is 2. The van der Waals surface area contributed by atoms with Crippen molar-refractivity contribution in [1.82, 2.24) is 9.88 Å². The summed E-state index contributed by atoms with van der Waals surface area (Å²) < 4.78 is 11.1. The Labute approximate surface area is 157 Å². The molecule has 2 fully saturated rings. The minimum atomic E-state index is -1.15. The van der Waals surface area contributed by atoms with Crippen LogP contribution in [-0.2, 0) is 4.74 Å². The summed E-state index contributed by atoms with van der Waals surface area (Å²) in [6.45, 7) is 3.02. The molecule has 3 N–H and O–H groups in total. The molecule has 2 aromatic rings. The quantitative estimate of drug-likeness (QED) is 0.744. The summed E-state index contributed by atoms with van der Waals surface area (Å²) in [5, 5.41) is 21.9. The maximum Gasteiger partial charge on any atom is 0.270 e. The maximum absolute atomic E-state index is 12.9. The van der Waals surface area contributed by atoms with Gasteiger partial charge >= 0.3 is 0 Å². The van der Waals surface area contributed by atoms with Gasteiger partial charge in [0.25, 0.3) is 5.91 Å². The van der Waals surface area contributed by atoms with E-state index < -0.39 is 17.3 Å². The van der Waals surface area contributed by atoms with Crippen LogP contribution in [0.1, 0.15) is 36.7 Å². The van der Waals surface area contributed by atoms with Crippen molar-refractivity contribution in [3.05, 3.63) is 30.0 Å². The van der Waals surface area contributed by atoms with Gasteiger partial charge in [-0.1, -0.05) is 0 Å². The van der Waals surface area contributed by atoms with Gasteiger partial charge < -0.3 is 29.6 Å². The Bertz CT molecular complexity index is 851. The lowest BCUT2D eigenvalue weighted by Crippen LogP contribution is -2.64. The summed E-state index contributed by atoms with van der Waals surface area (Å²) in [5.41, 5.74) is -0.506. The second kappa shape index (κ2) is 6.51. The molecular weight excluding hydrogens is 348 g/mol. The monoisotopic (exact) mass is 374 g/mol. The van der Waals surface area contributed by atoms with Crippen molar-refractivity contribution >= 4 is 16.8 Å². The number of nitrogens with zero attached hydrogens (tertiary/aromatic N) is 1. The number of fused-ring (bicyclic) bond motifs is 1. The number of likely N-dealkylation sites (tertiary alicyclic amines) is 1. The first-order valence-corrected chi connectivity index (χ1v) is 9.35. The van der Waals surface area contributed by atoms with Crippen LogP contribution in [0.15, 0.2) is 24.3 Å². The molecular formula is C20H26N2O5. The van der Waals surface area contributed by atoms with Gasteiger partial charge in [0.15, 0.2) is 0 Å². The average Bonchev–Trinajstić information content (AvgIpc) is 3.09. The molecule has 146 valence electrons. The molecule has 4 rings (SSSR count). The number of hydrogen-bond acceptors (Lipinski definition) is 5. The molecule has 2 aliphatic heterocycles. The third-order valence-electron chi connectivity index (χ3n) is 6.04. The van der Waals surface area contributed by atoms with Crippen molar-refractivity contribution < 1.29 is 24.5 Å². The highest BCUT2D eigenvalue weighted by Crippen LogP contribution is 2.40. The standard InChI is InChI=1S/C20H26N2O5/c1-19(25)7-10-27-20(18(19)24)5-8-22(9-6-20)17(23)16-12-13-11-14(26-2)3-4-15(13)21-16/h3-4,11-12,18,21,24-25H,5-10H2,1-2H3/t18-,19+/m0/s1. The lowest BCUT2D eigenvalue weighted by Gasteiger charge is -2.51. The van der Waals surface area contributed by atoms with E-state index in [0.717, 1.165) is 16.7 Å². The van der Waals surface area contributed by atoms with Gasteiger partial charge in [-0.2, -0.15) is 0 Å². The van der Waals surface area contributed by atoms with E-state index in [-0.39, 0.29) is 5.91 Å². The Hall–Kier alpha value is -2.09. The van der Waals surface area contributed by atoms with Gasteiger partial charge in [0, 0.05) is 30.4 Å². The zero-order valence-electron chi connectivity index (χ0n) is 15.7. The average molecular weight is 374 g/mol. The van der Waals surface area contributed by atoms with Crippen molar-refractivity contribution in [2.75, 3.05) is 26.8 Å². The van der Waals surface area contributed by atoms with Crippen LogP contribution in [0.5, 0.6) is 5.75 Å². The number of benzene rings is 1. The molecule has 3 heterocycles. The summed E-state index contributed by atoms with van der Waals surface area (Å²) in [5.74, 6) is 0.674. The number of aliphatic hydroxyl groups excluding tert-OH is 1. The summed E-state index contributed by atoms with van der Waals surface area (Å²) in [6, 6.07) is 7.47. The zero-order valence-corrected chi connectivity index (χ0v) is 15.7. The van der Waals surface area contributed by atoms with E-state index in [2.05, 4.69) is 4.98 Å². The highest BCUT2D eigenvalue weighted by atomic mass is 16.5. The highest BCUT2D eigenvalue weighted by molar-refractivity contribution is 5.98. The highest BCUT2D eigenvalue weighted by Gasteiger charge is 2.52. The SMILES string of the molecule is COc1ccc2[nH]c(C(=O)N3CCC4(CC3)OCC[C@@](C)(O)[C@@H]4O)cc2c1. The number of aromatic amines is 1. The summed E-state index contributed by atoms with van der Waals surface area (Å²) >= 11 is 0. The number of hydrogen-bond donors (Lipinski definition) is 3. The van der Waals surface area contributed by atoms with Crippen molar-refractivity contribution in [3.63, 3.8) is 0 Å². The predicted octanol–water partition coefficient (Wildman–Crippen LogP) is 1.68. The molecule has 1 amide bonds. The Morgan fingerprint density at radius 2 is 2.04 bits per heavy atom. The topological polar surface area (TPSA) is 95.0 Å². The molecule has 2 aliphatic rings. The van der Waals surface area contributed by atoms with Crippen LogP contribution in [0, 0.1) is 0 Å². The lowest BCUT2D eigenvalue weighted by molar-refractivity contribution is -0.244. The second-order valence-electron chi connectivity index (χ2n) is 7.85. The number of amides is 1. The van der Waals surface area contributed by atoms with Crippen molar-refractivity contribution in [1.29, 1.82) is 0 Å². The van der Waals surface area contributed by atoms with E-state index in [1.165, 1.54) is 0 Å². The second-order valence-corrected chi connectivity index (χ2v) is 7.85. The molecule has 7 heteroatoms. The van der Waals surface area contributed by atoms with E-state index in [0.29, 0.717) is 44.7 Å². The summed E-state index contributed by atoms with van der Waals surface area (Å²) in [7, 11) is 1.61. The molecule has 0 aliphatic carbocycles. The lowest BCUT2D eigenvalue weighted by atomic mass is 9.75. The molecule has 27 heavy (non-hydrogen) atoms. The van der Waals surface area contributed by atoms with Gasteiger partial charge in [-0.3, -0.25) is 4.79 Å². The fraction of sp³-hybridized carbons (Fsp3) is 0.550. The Balaban J connectivity index is 1.49. The minimum Gasteiger partial charge on any atom is -0.497 e. The largest absolute Gasteiger partial charge is 0.497 e. The fourth-order valence-electron chi connectivity index (χ4n) is 4.27. The van der Waals surface area contributed by atoms with Gasteiger partial charge in [0.2, 0.25) is 0 Å². The van der Waals surface area contributed by atoms with E-state index >= 15 is 0 Å². The fourth-order valence-corrected chi connectivity index (χ4v) is 4.27. The third kappa shape index (κ3) is 3.09. The van der Waals surface area contributed by atoms with Gasteiger partial charge in [-0.25, -0.2) is 0 Å². The molecule has 2 atom stereocenters. The van der Waals surface area contributed by atoms with Crippen LogP contribution in [0.25, 0.3) is 10.9 Å². The summed E-state index contributed by atoms with van der Waals surface area (Å²) in [6.07, 6.45) is 0.474. The van der Waals surface area contributed by atoms with E-state index in [1.807, 2.05) is 24.3 Å². The van der Waals surface area contributed by atoms with Gasteiger partial charge in [-0.15, -0.1) is 0 Å². The van der Waals surface area contributed by atoms with Crippen LogP contribution < -0.4 is 4.74 Å². The number of carbonyl (C=O) groups excluding carboxylic acids is 1. The van der Waals surface area contributed by atoms with Gasteiger partial charge in [0.05, 0.1) is 19.3 Å². The molecule has 0 radical (unpaired) electrons. The molecule has 0 bridgehead atoms. The van der Waals surface area contributed by atoms with Crippen molar-refractivity contribution in [2.45, 2.75) is 43.5 Å². The van der Waals surface area contributed by atoms with Crippen molar-refractivity contribution in [2.24, 2.45) is 0 Å². The summed E-state index contributed by atoms with van der Waals surface area (Å²) in [4.78, 5) is 17.9. The van der Waals surface area contributed by atoms with Crippen LogP contribution in [0.4, 0.5) is 0 Å². The Kier molecular flexibility index (Phi) is 4.41. The normalized spacial score (nSPS) is 27.9. The molecule has 1 aromatic carbocycles. The van der Waals surface area contributed by atoms with Gasteiger partial charge in [0.1, 0.15) is 23.1 Å². The number of H-pyrrole nitrogens is 1. The van der Waals surface area contributed by atoms with Crippen molar-refractivity contribution in [3.8, 4) is 5.75 Å². The number of aromatic nitrogens is 1. The van der Waals surface area contributed by atoms with Crippen LogP contribution >= 0.6 is 0 Å². The Morgan fingerprint density at radius 1 is 1.30 bits per heavy atom. The minimum absolute atomic E-state index is 0.0722. The third-order valence-corrected chi connectivity index (χ3v) is 6.04. The van der Waals surface area contributed by atoms with Crippen LogP contribution in [0.2, 0.25) is 0 Å². The smallest absolute Gasteiger partial charge is 0.270 e. The first kappa shape index (κ1) is 18.3. The number of rotatable bonds is 2.